The molecule has 1 fully saturated rings. The minimum atomic E-state index is -0.187. The average molecular weight is 412 g/mol. The number of aromatic nitrogens is 2. The number of likely N-dealkylation sites (tertiary alicyclic amines) is 1. The smallest absolute Gasteiger partial charge is 0.261 e. The van der Waals surface area contributed by atoms with Gasteiger partial charge >= 0.3 is 0 Å². The van der Waals surface area contributed by atoms with E-state index in [1.54, 1.807) is 18.2 Å². The van der Waals surface area contributed by atoms with Crippen LogP contribution in [0, 0.1) is 0 Å². The third-order valence-corrected chi connectivity index (χ3v) is 5.72. The molecule has 4 rings (SSSR count). The Labute approximate surface area is 174 Å². The Morgan fingerprint density at radius 3 is 2.62 bits per heavy atom. The molecular formula is C22H24ClN4O2+. The van der Waals surface area contributed by atoms with Crippen LogP contribution in [0.3, 0.4) is 0 Å². The number of carbonyl (C=O) groups is 1. The van der Waals surface area contributed by atoms with E-state index in [4.69, 9.17) is 11.6 Å². The van der Waals surface area contributed by atoms with Crippen molar-refractivity contribution < 1.29 is 9.69 Å². The number of rotatable bonds is 5. The molecule has 1 saturated heterocycles. The molecule has 0 atom stereocenters. The molecule has 150 valence electrons. The predicted octanol–water partition coefficient (Wildman–Crippen LogP) is 1.41. The molecule has 1 aliphatic heterocycles. The summed E-state index contributed by atoms with van der Waals surface area (Å²) in [5, 5.41) is 4.36. The molecule has 29 heavy (non-hydrogen) atoms. The number of halogens is 1. The molecule has 2 N–H and O–H groups in total. The average Bonchev–Trinajstić information content (AvgIpc) is 2.73. The number of amides is 1. The van der Waals surface area contributed by atoms with Gasteiger partial charge in [0.1, 0.15) is 13.1 Å². The quantitative estimate of drug-likeness (QED) is 0.667. The monoisotopic (exact) mass is 411 g/mol. The number of nitrogens with zero attached hydrogens (tertiary/aromatic N) is 2. The lowest BCUT2D eigenvalue weighted by molar-refractivity contribution is -0.918. The first-order valence-electron chi connectivity index (χ1n) is 9.90. The molecule has 1 amide bonds. The molecule has 3 aromatic rings. The highest BCUT2D eigenvalue weighted by Crippen LogP contribution is 2.09. The SMILES string of the molecule is O=C(Cn1cnc2ccccc2c1=O)NC1CC[NH+](Cc2ccc(Cl)cc2)CC1. The molecule has 0 bridgehead atoms. The van der Waals surface area contributed by atoms with Gasteiger partial charge in [0.25, 0.3) is 5.56 Å². The number of fused-ring (bicyclic) bond motifs is 1. The van der Waals surface area contributed by atoms with Gasteiger partial charge in [0, 0.05) is 29.5 Å². The van der Waals surface area contributed by atoms with Crippen molar-refractivity contribution in [3.63, 3.8) is 0 Å². The molecule has 7 heteroatoms. The minimum absolute atomic E-state index is 0.00544. The Morgan fingerprint density at radius 2 is 1.86 bits per heavy atom. The van der Waals surface area contributed by atoms with E-state index < -0.39 is 0 Å². The molecule has 2 aromatic carbocycles. The van der Waals surface area contributed by atoms with E-state index in [1.165, 1.54) is 21.4 Å². The maximum absolute atomic E-state index is 12.5. The molecule has 2 heterocycles. The lowest BCUT2D eigenvalue weighted by Crippen LogP contribution is -3.12. The summed E-state index contributed by atoms with van der Waals surface area (Å²) in [5.41, 5.74) is 1.73. The largest absolute Gasteiger partial charge is 0.351 e. The van der Waals surface area contributed by atoms with Crippen LogP contribution in [0.1, 0.15) is 18.4 Å². The van der Waals surface area contributed by atoms with E-state index >= 15 is 0 Å². The molecule has 1 aliphatic rings. The van der Waals surface area contributed by atoms with E-state index in [0.29, 0.717) is 10.9 Å². The van der Waals surface area contributed by atoms with Crippen LogP contribution in [0.2, 0.25) is 5.02 Å². The van der Waals surface area contributed by atoms with Gasteiger partial charge in [-0.3, -0.25) is 14.2 Å². The van der Waals surface area contributed by atoms with Gasteiger partial charge in [-0.1, -0.05) is 35.9 Å². The number of hydrogen-bond donors (Lipinski definition) is 2. The summed E-state index contributed by atoms with van der Waals surface area (Å²) < 4.78 is 1.37. The van der Waals surface area contributed by atoms with Crippen LogP contribution in [-0.2, 0) is 17.9 Å². The van der Waals surface area contributed by atoms with E-state index in [2.05, 4.69) is 22.4 Å². The number of benzene rings is 2. The Bertz CT molecular complexity index is 1060. The zero-order valence-electron chi connectivity index (χ0n) is 16.1. The first-order chi connectivity index (χ1) is 14.1. The fourth-order valence-corrected chi connectivity index (χ4v) is 4.01. The van der Waals surface area contributed by atoms with Crippen LogP contribution in [-0.4, -0.2) is 34.6 Å². The Hall–Kier alpha value is -2.70. The Balaban J connectivity index is 1.29. The third-order valence-electron chi connectivity index (χ3n) is 5.47. The summed E-state index contributed by atoms with van der Waals surface area (Å²) >= 11 is 5.95. The summed E-state index contributed by atoms with van der Waals surface area (Å²) in [5.74, 6) is -0.143. The molecule has 1 aromatic heterocycles. The fraction of sp³-hybridized carbons (Fsp3) is 0.318. The van der Waals surface area contributed by atoms with Crippen molar-refractivity contribution >= 4 is 28.4 Å². The van der Waals surface area contributed by atoms with E-state index in [1.807, 2.05) is 18.2 Å². The van der Waals surface area contributed by atoms with E-state index in [0.717, 1.165) is 37.5 Å². The van der Waals surface area contributed by atoms with Crippen LogP contribution < -0.4 is 15.8 Å². The zero-order chi connectivity index (χ0) is 20.2. The van der Waals surface area contributed by atoms with Gasteiger partial charge in [0.2, 0.25) is 5.91 Å². The summed E-state index contributed by atoms with van der Waals surface area (Å²) in [6, 6.07) is 15.3. The second kappa shape index (κ2) is 8.76. The minimum Gasteiger partial charge on any atom is -0.351 e. The maximum atomic E-state index is 12.5. The number of hydrogen-bond acceptors (Lipinski definition) is 3. The van der Waals surface area contributed by atoms with Crippen molar-refractivity contribution in [2.45, 2.75) is 32.0 Å². The van der Waals surface area contributed by atoms with E-state index in [-0.39, 0.29) is 24.1 Å². The highest BCUT2D eigenvalue weighted by atomic mass is 35.5. The number of para-hydroxylation sites is 1. The molecule has 0 spiro atoms. The van der Waals surface area contributed by atoms with Gasteiger partial charge in [0.05, 0.1) is 30.3 Å². The molecule has 0 radical (unpaired) electrons. The lowest BCUT2D eigenvalue weighted by atomic mass is 10.0. The molecule has 0 saturated carbocycles. The van der Waals surface area contributed by atoms with Crippen LogP contribution in [0.5, 0.6) is 0 Å². The number of carbonyl (C=O) groups excluding carboxylic acids is 1. The van der Waals surface area contributed by atoms with E-state index in [9.17, 15) is 9.59 Å². The van der Waals surface area contributed by atoms with Crippen LogP contribution in [0.15, 0.2) is 59.7 Å². The summed E-state index contributed by atoms with van der Waals surface area (Å²) in [6.07, 6.45) is 3.31. The standard InChI is InChI=1S/C22H23ClN4O2/c23-17-7-5-16(6-8-17)13-26-11-9-18(10-12-26)25-21(28)14-27-15-24-20-4-2-1-3-19(20)22(27)29/h1-8,15,18H,9-14H2,(H,25,28)/p+1. The van der Waals surface area contributed by atoms with Gasteiger partial charge in [-0.25, -0.2) is 4.98 Å². The van der Waals surface area contributed by atoms with Crippen molar-refractivity contribution in [1.29, 1.82) is 0 Å². The summed E-state index contributed by atoms with van der Waals surface area (Å²) in [7, 11) is 0. The van der Waals surface area contributed by atoms with Crippen molar-refractivity contribution in [2.24, 2.45) is 0 Å². The Morgan fingerprint density at radius 1 is 1.14 bits per heavy atom. The second-order valence-electron chi connectivity index (χ2n) is 7.59. The molecule has 0 aliphatic carbocycles. The number of piperidine rings is 1. The lowest BCUT2D eigenvalue weighted by Gasteiger charge is -2.30. The normalized spacial score (nSPS) is 19.2. The number of nitrogens with one attached hydrogen (secondary N) is 2. The van der Waals surface area contributed by atoms with Crippen molar-refractivity contribution in [1.82, 2.24) is 14.9 Å². The van der Waals surface area contributed by atoms with Gasteiger partial charge in [-0.15, -0.1) is 0 Å². The van der Waals surface area contributed by atoms with Crippen LogP contribution >= 0.6 is 11.6 Å². The number of quaternary nitrogens is 1. The molecular weight excluding hydrogens is 388 g/mol. The zero-order valence-corrected chi connectivity index (χ0v) is 16.9. The fourth-order valence-electron chi connectivity index (χ4n) is 3.88. The van der Waals surface area contributed by atoms with Crippen molar-refractivity contribution in [2.75, 3.05) is 13.1 Å². The first-order valence-corrected chi connectivity index (χ1v) is 10.3. The van der Waals surface area contributed by atoms with Gasteiger partial charge < -0.3 is 10.2 Å². The second-order valence-corrected chi connectivity index (χ2v) is 8.03. The first kappa shape index (κ1) is 19.6. The van der Waals surface area contributed by atoms with Crippen molar-refractivity contribution in [3.05, 3.63) is 75.8 Å². The Kier molecular flexibility index (Phi) is 5.92. The topological polar surface area (TPSA) is 68.4 Å². The van der Waals surface area contributed by atoms with Crippen LogP contribution in [0.4, 0.5) is 0 Å². The summed E-state index contributed by atoms with van der Waals surface area (Å²) in [4.78, 5) is 30.8. The highest BCUT2D eigenvalue weighted by molar-refractivity contribution is 6.30. The van der Waals surface area contributed by atoms with Crippen LogP contribution in [0.25, 0.3) is 10.9 Å². The maximum Gasteiger partial charge on any atom is 0.261 e. The van der Waals surface area contributed by atoms with Gasteiger partial charge in [0.15, 0.2) is 0 Å². The van der Waals surface area contributed by atoms with Crippen molar-refractivity contribution in [3.8, 4) is 0 Å². The molecule has 6 nitrogen and oxygen atoms in total. The predicted molar refractivity (Wildman–Crippen MR) is 113 cm³/mol. The third kappa shape index (κ3) is 4.83. The van der Waals surface area contributed by atoms with Gasteiger partial charge in [-0.05, 0) is 24.3 Å². The highest BCUT2D eigenvalue weighted by Gasteiger charge is 2.23. The molecule has 0 unspecified atom stereocenters. The van der Waals surface area contributed by atoms with Gasteiger partial charge in [-0.2, -0.15) is 0 Å². The summed E-state index contributed by atoms with van der Waals surface area (Å²) in [6.45, 7) is 2.97.